The van der Waals surface area contributed by atoms with Gasteiger partial charge in [-0.25, -0.2) is 0 Å². The molecule has 2 aromatic carbocycles. The molecule has 1 unspecified atom stereocenters. The van der Waals surface area contributed by atoms with Crippen LogP contribution in [0.25, 0.3) is 0 Å². The molecule has 1 N–H and O–H groups in total. The maximum Gasteiger partial charge on any atom is 0.119 e. The summed E-state index contributed by atoms with van der Waals surface area (Å²) in [6, 6.07) is 13.4. The number of hydrogen-bond donors (Lipinski definition) is 1. The first-order valence-corrected chi connectivity index (χ1v) is 9.61. The molecular formula is C21H28Cl2N2O3. The van der Waals surface area contributed by atoms with Crippen LogP contribution in [0.4, 0.5) is 5.69 Å². The first kappa shape index (κ1) is 22.6. The number of β-amino-alcohol motifs (C(OH)–C–C–N with tert-alkyl or cyclic N) is 1. The first-order chi connectivity index (χ1) is 13.0. The fourth-order valence-electron chi connectivity index (χ4n) is 3.31. The highest BCUT2D eigenvalue weighted by Crippen LogP contribution is 2.25. The third-order valence-corrected chi connectivity index (χ3v) is 5.09. The third-order valence-electron chi connectivity index (χ3n) is 4.85. The molecule has 3 rings (SSSR count). The number of piperazine rings is 1. The molecule has 1 fully saturated rings. The highest BCUT2D eigenvalue weighted by Gasteiger charge is 2.20. The van der Waals surface area contributed by atoms with E-state index in [-0.39, 0.29) is 19.0 Å². The lowest BCUT2D eigenvalue weighted by molar-refractivity contribution is 0.0663. The lowest BCUT2D eigenvalue weighted by Gasteiger charge is -2.37. The van der Waals surface area contributed by atoms with Gasteiger partial charge >= 0.3 is 0 Å². The third kappa shape index (κ3) is 6.17. The van der Waals surface area contributed by atoms with E-state index in [2.05, 4.69) is 22.8 Å². The van der Waals surface area contributed by atoms with Crippen molar-refractivity contribution in [2.24, 2.45) is 0 Å². The summed E-state index contributed by atoms with van der Waals surface area (Å²) in [5.74, 6) is 1.52. The molecule has 0 saturated carbocycles. The molecule has 28 heavy (non-hydrogen) atoms. The van der Waals surface area contributed by atoms with E-state index in [1.165, 1.54) is 11.3 Å². The van der Waals surface area contributed by atoms with Crippen molar-refractivity contribution in [3.05, 3.63) is 53.1 Å². The van der Waals surface area contributed by atoms with E-state index in [0.717, 1.165) is 42.7 Å². The zero-order valence-electron chi connectivity index (χ0n) is 16.3. The van der Waals surface area contributed by atoms with E-state index in [9.17, 15) is 5.11 Å². The van der Waals surface area contributed by atoms with Crippen LogP contribution >= 0.6 is 24.0 Å². The van der Waals surface area contributed by atoms with Gasteiger partial charge in [-0.2, -0.15) is 0 Å². The Morgan fingerprint density at radius 2 is 1.68 bits per heavy atom. The van der Waals surface area contributed by atoms with Crippen molar-refractivity contribution < 1.29 is 14.6 Å². The van der Waals surface area contributed by atoms with Gasteiger partial charge in [0.2, 0.25) is 0 Å². The summed E-state index contributed by atoms with van der Waals surface area (Å²) in [6.07, 6.45) is -0.522. The first-order valence-electron chi connectivity index (χ1n) is 9.23. The van der Waals surface area contributed by atoms with E-state index < -0.39 is 6.10 Å². The molecule has 1 aliphatic heterocycles. The number of methoxy groups -OCH3 is 1. The monoisotopic (exact) mass is 426 g/mol. The minimum atomic E-state index is -0.522. The summed E-state index contributed by atoms with van der Waals surface area (Å²) >= 11 is 6.14. The molecule has 0 amide bonds. The molecule has 0 spiro atoms. The number of aliphatic hydroxyl groups excluding tert-OH is 1. The Labute approximate surface area is 178 Å². The maximum atomic E-state index is 10.3. The minimum absolute atomic E-state index is 0. The number of rotatable bonds is 7. The number of hydrogen-bond acceptors (Lipinski definition) is 5. The molecule has 1 aliphatic rings. The number of ether oxygens (including phenoxy) is 2. The van der Waals surface area contributed by atoms with Crippen LogP contribution in [0.5, 0.6) is 11.5 Å². The van der Waals surface area contributed by atoms with Gasteiger partial charge in [-0.1, -0.05) is 17.7 Å². The smallest absolute Gasteiger partial charge is 0.119 e. The lowest BCUT2D eigenvalue weighted by Crippen LogP contribution is -2.49. The highest BCUT2D eigenvalue weighted by atomic mass is 35.5. The Kier molecular flexibility index (Phi) is 8.70. The molecule has 5 nitrogen and oxygen atoms in total. The van der Waals surface area contributed by atoms with E-state index in [1.54, 1.807) is 7.11 Å². The van der Waals surface area contributed by atoms with Crippen LogP contribution in [-0.2, 0) is 0 Å². The van der Waals surface area contributed by atoms with E-state index >= 15 is 0 Å². The number of halogens is 2. The molecule has 0 aromatic heterocycles. The fraction of sp³-hybridized carbons (Fsp3) is 0.429. The van der Waals surface area contributed by atoms with Crippen LogP contribution in [0.3, 0.4) is 0 Å². The van der Waals surface area contributed by atoms with Crippen LogP contribution in [0, 0.1) is 6.92 Å². The molecule has 7 heteroatoms. The second kappa shape index (κ2) is 10.8. The average Bonchev–Trinajstić information content (AvgIpc) is 2.69. The second-order valence-corrected chi connectivity index (χ2v) is 7.30. The van der Waals surface area contributed by atoms with Crippen molar-refractivity contribution >= 4 is 29.7 Å². The Morgan fingerprint density at radius 3 is 2.32 bits per heavy atom. The van der Waals surface area contributed by atoms with Gasteiger partial charge in [0.25, 0.3) is 0 Å². The summed E-state index contributed by atoms with van der Waals surface area (Å²) in [5.41, 5.74) is 2.44. The van der Waals surface area contributed by atoms with Gasteiger partial charge in [-0.3, -0.25) is 4.90 Å². The molecule has 0 aliphatic carbocycles. The van der Waals surface area contributed by atoms with Gasteiger partial charge in [0.15, 0.2) is 0 Å². The van der Waals surface area contributed by atoms with Crippen LogP contribution in [0.15, 0.2) is 42.5 Å². The van der Waals surface area contributed by atoms with Crippen molar-refractivity contribution in [2.45, 2.75) is 13.0 Å². The van der Waals surface area contributed by atoms with Crippen molar-refractivity contribution in [1.29, 1.82) is 0 Å². The largest absolute Gasteiger partial charge is 0.497 e. The zero-order chi connectivity index (χ0) is 19.2. The predicted octanol–water partition coefficient (Wildman–Crippen LogP) is 3.64. The molecule has 0 bridgehead atoms. The van der Waals surface area contributed by atoms with Gasteiger partial charge in [0.1, 0.15) is 24.2 Å². The molecule has 154 valence electrons. The van der Waals surface area contributed by atoms with Crippen molar-refractivity contribution in [3.63, 3.8) is 0 Å². The molecular weight excluding hydrogens is 399 g/mol. The van der Waals surface area contributed by atoms with Gasteiger partial charge in [-0.05, 0) is 48.9 Å². The second-order valence-electron chi connectivity index (χ2n) is 6.86. The number of benzene rings is 2. The number of nitrogens with zero attached hydrogens (tertiary/aromatic N) is 2. The van der Waals surface area contributed by atoms with Crippen LogP contribution in [0.2, 0.25) is 5.02 Å². The fourth-order valence-corrected chi connectivity index (χ4v) is 3.48. The standard InChI is InChI=1S/C21H27ClN2O3.ClH/c1-16-3-4-17(22)13-21(16)24-11-9-23(10-12-24)14-18(25)15-27-20-7-5-19(26-2)6-8-20;/h3-8,13,18,25H,9-12,14-15H2,1-2H3;1H. The predicted molar refractivity (Wildman–Crippen MR) is 117 cm³/mol. The van der Waals surface area contributed by atoms with Gasteiger partial charge in [0, 0.05) is 43.4 Å². The van der Waals surface area contributed by atoms with Crippen molar-refractivity contribution in [2.75, 3.05) is 51.3 Å². The van der Waals surface area contributed by atoms with Gasteiger partial charge < -0.3 is 19.5 Å². The Balaban J connectivity index is 0.00000280. The summed E-state index contributed by atoms with van der Waals surface area (Å²) in [7, 11) is 1.63. The van der Waals surface area contributed by atoms with Crippen LogP contribution in [-0.4, -0.2) is 62.6 Å². The van der Waals surface area contributed by atoms with Crippen LogP contribution < -0.4 is 14.4 Å². The topological polar surface area (TPSA) is 45.2 Å². The van der Waals surface area contributed by atoms with E-state index in [1.807, 2.05) is 36.4 Å². The summed E-state index contributed by atoms with van der Waals surface area (Å²) in [4.78, 5) is 4.64. The molecule has 0 radical (unpaired) electrons. The van der Waals surface area contributed by atoms with Crippen molar-refractivity contribution in [1.82, 2.24) is 4.90 Å². The Morgan fingerprint density at radius 1 is 1.04 bits per heavy atom. The number of anilines is 1. The zero-order valence-corrected chi connectivity index (χ0v) is 17.9. The Hall–Kier alpha value is -1.66. The number of aliphatic hydroxyl groups is 1. The Bertz CT molecular complexity index is 735. The van der Waals surface area contributed by atoms with Crippen molar-refractivity contribution in [3.8, 4) is 11.5 Å². The maximum absolute atomic E-state index is 10.3. The molecule has 1 heterocycles. The minimum Gasteiger partial charge on any atom is -0.497 e. The quantitative estimate of drug-likeness (QED) is 0.731. The summed E-state index contributed by atoms with van der Waals surface area (Å²) in [6.45, 7) is 6.66. The molecule has 1 saturated heterocycles. The molecule has 1 atom stereocenters. The SMILES string of the molecule is COc1ccc(OCC(O)CN2CCN(c3cc(Cl)ccc3C)CC2)cc1.Cl. The lowest BCUT2D eigenvalue weighted by atomic mass is 10.1. The summed E-state index contributed by atoms with van der Waals surface area (Å²) in [5, 5.41) is 11.1. The average molecular weight is 427 g/mol. The van der Waals surface area contributed by atoms with E-state index in [4.69, 9.17) is 21.1 Å². The van der Waals surface area contributed by atoms with E-state index in [0.29, 0.717) is 6.54 Å². The normalized spacial score (nSPS) is 15.6. The highest BCUT2D eigenvalue weighted by molar-refractivity contribution is 6.30. The van der Waals surface area contributed by atoms with Gasteiger partial charge in [-0.15, -0.1) is 12.4 Å². The van der Waals surface area contributed by atoms with Crippen LogP contribution in [0.1, 0.15) is 5.56 Å². The summed E-state index contributed by atoms with van der Waals surface area (Å²) < 4.78 is 10.8. The molecule has 2 aromatic rings. The number of aryl methyl sites for hydroxylation is 1. The van der Waals surface area contributed by atoms with Gasteiger partial charge in [0.05, 0.1) is 7.11 Å².